The van der Waals surface area contributed by atoms with E-state index in [1.807, 2.05) is 0 Å². The van der Waals surface area contributed by atoms with Gasteiger partial charge in [0.05, 0.1) is 6.20 Å². The monoisotopic (exact) mass is 277 g/mol. The molecule has 1 aliphatic rings. The Morgan fingerprint density at radius 3 is 2.75 bits per heavy atom. The van der Waals surface area contributed by atoms with Gasteiger partial charge in [-0.05, 0) is 64.0 Å². The van der Waals surface area contributed by atoms with Crippen molar-refractivity contribution < 1.29 is 0 Å². The second kappa shape index (κ2) is 6.75. The first-order chi connectivity index (χ1) is 9.49. The Kier molecular flexibility index (Phi) is 5.25. The van der Waals surface area contributed by atoms with E-state index in [1.54, 1.807) is 0 Å². The van der Waals surface area contributed by atoms with Crippen molar-refractivity contribution >= 4 is 0 Å². The molecule has 1 aromatic rings. The predicted octanol–water partition coefficient (Wildman–Crippen LogP) is 3.96. The minimum absolute atomic E-state index is 0.217. The van der Waals surface area contributed by atoms with Gasteiger partial charge in [0, 0.05) is 18.3 Å². The minimum Gasteiger partial charge on any atom is -0.312 e. The molecular formula is C17H31N3. The maximum absolute atomic E-state index is 4.52. The highest BCUT2D eigenvalue weighted by Crippen LogP contribution is 2.37. The maximum Gasteiger partial charge on any atom is 0.0524 e. The van der Waals surface area contributed by atoms with Crippen molar-refractivity contribution in [3.63, 3.8) is 0 Å². The van der Waals surface area contributed by atoms with Gasteiger partial charge in [-0.2, -0.15) is 5.10 Å². The van der Waals surface area contributed by atoms with Crippen LogP contribution in [0, 0.1) is 5.92 Å². The van der Waals surface area contributed by atoms with Crippen molar-refractivity contribution in [2.75, 3.05) is 6.54 Å². The minimum atomic E-state index is 0.217. The van der Waals surface area contributed by atoms with Crippen LogP contribution in [0.1, 0.15) is 71.3 Å². The molecule has 2 rings (SSSR count). The molecule has 1 heterocycles. The quantitative estimate of drug-likeness (QED) is 0.883. The van der Waals surface area contributed by atoms with Gasteiger partial charge in [0.15, 0.2) is 0 Å². The van der Waals surface area contributed by atoms with Crippen LogP contribution in [0.25, 0.3) is 0 Å². The summed E-state index contributed by atoms with van der Waals surface area (Å²) in [6.45, 7) is 11.1. The molecule has 1 fully saturated rings. The average molecular weight is 277 g/mol. The Bertz CT molecular complexity index is 403. The molecule has 20 heavy (non-hydrogen) atoms. The molecule has 0 saturated heterocycles. The summed E-state index contributed by atoms with van der Waals surface area (Å²) < 4.78 is 2.11. The van der Waals surface area contributed by atoms with Crippen LogP contribution >= 0.6 is 0 Å². The number of nitrogens with zero attached hydrogens (tertiary/aromatic N) is 2. The van der Waals surface area contributed by atoms with E-state index >= 15 is 0 Å². The van der Waals surface area contributed by atoms with Crippen LogP contribution in [0.4, 0.5) is 0 Å². The summed E-state index contributed by atoms with van der Waals surface area (Å²) in [6.07, 6.45) is 11.0. The molecule has 0 spiro atoms. The van der Waals surface area contributed by atoms with Gasteiger partial charge in [-0.25, -0.2) is 0 Å². The fraction of sp³-hybridized carbons (Fsp3) is 0.824. The third-order valence-electron chi connectivity index (χ3n) is 4.34. The lowest BCUT2D eigenvalue weighted by Crippen LogP contribution is -2.41. The number of hydrogen-bond donors (Lipinski definition) is 1. The summed E-state index contributed by atoms with van der Waals surface area (Å²) in [6, 6.07) is 0. The SMILES string of the molecule is CCCn1cc(C2CCCCC2CNC(C)(C)C)cn1. The summed E-state index contributed by atoms with van der Waals surface area (Å²) in [5.41, 5.74) is 1.67. The van der Waals surface area contributed by atoms with Crippen LogP contribution in [0.15, 0.2) is 12.4 Å². The van der Waals surface area contributed by atoms with Gasteiger partial charge in [-0.3, -0.25) is 4.68 Å². The lowest BCUT2D eigenvalue weighted by molar-refractivity contribution is 0.269. The zero-order valence-electron chi connectivity index (χ0n) is 13.7. The number of aromatic nitrogens is 2. The molecule has 1 aromatic heterocycles. The first-order valence-electron chi connectivity index (χ1n) is 8.27. The van der Waals surface area contributed by atoms with E-state index in [1.165, 1.54) is 31.2 Å². The van der Waals surface area contributed by atoms with Gasteiger partial charge >= 0.3 is 0 Å². The topological polar surface area (TPSA) is 29.9 Å². The Hall–Kier alpha value is -0.830. The van der Waals surface area contributed by atoms with E-state index in [0.717, 1.165) is 25.4 Å². The highest BCUT2D eigenvalue weighted by molar-refractivity contribution is 5.14. The summed E-state index contributed by atoms with van der Waals surface area (Å²) in [7, 11) is 0. The van der Waals surface area contributed by atoms with Crippen LogP contribution in [0.5, 0.6) is 0 Å². The van der Waals surface area contributed by atoms with Crippen LogP contribution < -0.4 is 5.32 Å². The van der Waals surface area contributed by atoms with Crippen molar-refractivity contribution in [1.29, 1.82) is 0 Å². The molecule has 114 valence electrons. The molecule has 2 atom stereocenters. The first-order valence-corrected chi connectivity index (χ1v) is 8.27. The first kappa shape index (κ1) is 15.6. The number of nitrogens with one attached hydrogen (secondary N) is 1. The molecule has 1 saturated carbocycles. The van der Waals surface area contributed by atoms with Gasteiger partial charge in [0.2, 0.25) is 0 Å². The number of hydrogen-bond acceptors (Lipinski definition) is 2. The van der Waals surface area contributed by atoms with Crippen LogP contribution in [-0.4, -0.2) is 21.9 Å². The summed E-state index contributed by atoms with van der Waals surface area (Å²) >= 11 is 0. The molecule has 2 unspecified atom stereocenters. The van der Waals surface area contributed by atoms with Gasteiger partial charge in [0.1, 0.15) is 0 Å². The highest BCUT2D eigenvalue weighted by atomic mass is 15.3. The molecule has 0 amide bonds. The molecular weight excluding hydrogens is 246 g/mol. The Morgan fingerprint density at radius 1 is 1.30 bits per heavy atom. The van der Waals surface area contributed by atoms with Gasteiger partial charge in [-0.1, -0.05) is 19.8 Å². The fourth-order valence-corrected chi connectivity index (χ4v) is 3.25. The maximum atomic E-state index is 4.52. The molecule has 0 aliphatic heterocycles. The molecule has 1 aliphatic carbocycles. The van der Waals surface area contributed by atoms with Crippen LogP contribution in [-0.2, 0) is 6.54 Å². The average Bonchev–Trinajstić information content (AvgIpc) is 2.85. The van der Waals surface area contributed by atoms with Crippen LogP contribution in [0.3, 0.4) is 0 Å². The molecule has 1 N–H and O–H groups in total. The van der Waals surface area contributed by atoms with E-state index in [-0.39, 0.29) is 5.54 Å². The van der Waals surface area contributed by atoms with E-state index in [0.29, 0.717) is 5.92 Å². The normalized spacial score (nSPS) is 24.0. The fourth-order valence-electron chi connectivity index (χ4n) is 3.25. The van der Waals surface area contributed by atoms with E-state index < -0.39 is 0 Å². The van der Waals surface area contributed by atoms with Crippen LogP contribution in [0.2, 0.25) is 0 Å². The molecule has 3 heteroatoms. The van der Waals surface area contributed by atoms with Crippen molar-refractivity contribution in [1.82, 2.24) is 15.1 Å². The Morgan fingerprint density at radius 2 is 2.05 bits per heavy atom. The van der Waals surface area contributed by atoms with Gasteiger partial charge in [-0.15, -0.1) is 0 Å². The van der Waals surface area contributed by atoms with Gasteiger partial charge < -0.3 is 5.32 Å². The summed E-state index contributed by atoms with van der Waals surface area (Å²) in [4.78, 5) is 0. The number of aryl methyl sites for hydroxylation is 1. The van der Waals surface area contributed by atoms with E-state index in [9.17, 15) is 0 Å². The number of rotatable bonds is 5. The Labute approximate surface area is 124 Å². The lowest BCUT2D eigenvalue weighted by atomic mass is 9.76. The van der Waals surface area contributed by atoms with Gasteiger partial charge in [0.25, 0.3) is 0 Å². The van der Waals surface area contributed by atoms with E-state index in [4.69, 9.17) is 0 Å². The lowest BCUT2D eigenvalue weighted by Gasteiger charge is -2.33. The smallest absolute Gasteiger partial charge is 0.0524 e. The third-order valence-corrected chi connectivity index (χ3v) is 4.34. The third kappa shape index (κ3) is 4.34. The Balaban J connectivity index is 2.01. The zero-order valence-corrected chi connectivity index (χ0v) is 13.7. The molecule has 0 radical (unpaired) electrons. The highest BCUT2D eigenvalue weighted by Gasteiger charge is 2.28. The molecule has 0 aromatic carbocycles. The standard InChI is InChI=1S/C17H31N3/c1-5-10-20-13-15(12-19-20)16-9-7-6-8-14(16)11-18-17(2,3)4/h12-14,16,18H,5-11H2,1-4H3. The second-order valence-corrected chi connectivity index (χ2v) is 7.32. The summed E-state index contributed by atoms with van der Waals surface area (Å²) in [5.74, 6) is 1.46. The van der Waals surface area contributed by atoms with E-state index in [2.05, 4.69) is 55.2 Å². The second-order valence-electron chi connectivity index (χ2n) is 7.32. The molecule has 0 bridgehead atoms. The van der Waals surface area contributed by atoms with Crippen molar-refractivity contribution in [3.05, 3.63) is 18.0 Å². The predicted molar refractivity (Wildman–Crippen MR) is 85.0 cm³/mol. The molecule has 3 nitrogen and oxygen atoms in total. The van der Waals surface area contributed by atoms with Crippen molar-refractivity contribution in [2.24, 2.45) is 5.92 Å². The summed E-state index contributed by atoms with van der Waals surface area (Å²) in [5, 5.41) is 8.22. The largest absolute Gasteiger partial charge is 0.312 e. The van der Waals surface area contributed by atoms with Crippen molar-refractivity contribution in [3.8, 4) is 0 Å². The zero-order chi connectivity index (χ0) is 14.6. The van der Waals surface area contributed by atoms with Crippen molar-refractivity contribution in [2.45, 2.75) is 77.8 Å².